The number of H-pyrrole nitrogens is 1. The average molecular weight is 347 g/mol. The molecule has 2 aromatic heterocycles. The van der Waals surface area contributed by atoms with E-state index >= 15 is 0 Å². The SMILES string of the molecule is Cn1ncc(N2CCC(CNC(=O)CCc3cc(=O)[nH]o3)C2)cc1=O. The molecule has 0 radical (unpaired) electrons. The lowest BCUT2D eigenvalue weighted by Gasteiger charge is -2.18. The Morgan fingerprint density at radius 1 is 1.44 bits per heavy atom. The first-order valence-electron chi connectivity index (χ1n) is 8.23. The monoisotopic (exact) mass is 347 g/mol. The van der Waals surface area contributed by atoms with E-state index in [9.17, 15) is 14.4 Å². The second-order valence-corrected chi connectivity index (χ2v) is 6.26. The fourth-order valence-corrected chi connectivity index (χ4v) is 2.89. The molecule has 9 heteroatoms. The van der Waals surface area contributed by atoms with Gasteiger partial charge in [-0.25, -0.2) is 4.68 Å². The second kappa shape index (κ2) is 7.37. The number of anilines is 1. The third kappa shape index (κ3) is 4.37. The number of aromatic nitrogens is 3. The van der Waals surface area contributed by atoms with Crippen LogP contribution in [0.25, 0.3) is 0 Å². The van der Waals surface area contributed by atoms with Crippen LogP contribution in [0.15, 0.2) is 32.4 Å². The molecule has 3 rings (SSSR count). The van der Waals surface area contributed by atoms with Crippen LogP contribution in [0.1, 0.15) is 18.6 Å². The van der Waals surface area contributed by atoms with Crippen LogP contribution in [0.5, 0.6) is 0 Å². The Bertz CT molecular complexity index is 852. The molecule has 2 N–H and O–H groups in total. The van der Waals surface area contributed by atoms with Gasteiger partial charge in [0.05, 0.1) is 11.9 Å². The van der Waals surface area contributed by atoms with Crippen molar-refractivity contribution >= 4 is 11.6 Å². The fourth-order valence-electron chi connectivity index (χ4n) is 2.89. The van der Waals surface area contributed by atoms with Gasteiger partial charge in [0.25, 0.3) is 11.1 Å². The van der Waals surface area contributed by atoms with Crippen LogP contribution in [0.3, 0.4) is 0 Å². The summed E-state index contributed by atoms with van der Waals surface area (Å²) >= 11 is 0. The zero-order valence-corrected chi connectivity index (χ0v) is 14.0. The Morgan fingerprint density at radius 3 is 3.00 bits per heavy atom. The van der Waals surface area contributed by atoms with Crippen molar-refractivity contribution in [3.8, 4) is 0 Å². The zero-order chi connectivity index (χ0) is 17.8. The molecule has 0 spiro atoms. The molecule has 1 aliphatic heterocycles. The first kappa shape index (κ1) is 17.0. The molecule has 134 valence electrons. The number of aryl methyl sites for hydroxylation is 2. The summed E-state index contributed by atoms with van der Waals surface area (Å²) in [6.45, 7) is 2.20. The molecule has 3 heterocycles. The largest absolute Gasteiger partial charge is 0.384 e. The van der Waals surface area contributed by atoms with Crippen LogP contribution in [0, 0.1) is 5.92 Å². The lowest BCUT2D eigenvalue weighted by Crippen LogP contribution is -2.31. The summed E-state index contributed by atoms with van der Waals surface area (Å²) in [4.78, 5) is 36.6. The summed E-state index contributed by atoms with van der Waals surface area (Å²) in [7, 11) is 1.62. The standard InChI is InChI=1S/C16H21N5O4/c1-20-16(24)6-12(9-18-20)21-5-4-11(10-21)8-17-14(22)3-2-13-7-15(23)19-25-13/h6-7,9,11H,2-5,8,10H2,1H3,(H,17,22)(H,19,23). The van der Waals surface area contributed by atoms with Crippen molar-refractivity contribution in [2.75, 3.05) is 24.5 Å². The molecule has 25 heavy (non-hydrogen) atoms. The molecule has 1 fully saturated rings. The van der Waals surface area contributed by atoms with E-state index in [4.69, 9.17) is 4.52 Å². The number of nitrogens with one attached hydrogen (secondary N) is 2. The Labute approximate surface area is 143 Å². The van der Waals surface area contributed by atoms with Gasteiger partial charge in [0.2, 0.25) is 5.91 Å². The van der Waals surface area contributed by atoms with Gasteiger partial charge in [-0.3, -0.25) is 14.4 Å². The van der Waals surface area contributed by atoms with Crippen molar-refractivity contribution in [1.82, 2.24) is 20.3 Å². The van der Waals surface area contributed by atoms with Gasteiger partial charge in [0.1, 0.15) is 5.76 Å². The van der Waals surface area contributed by atoms with Gasteiger partial charge in [-0.05, 0) is 12.3 Å². The Balaban J connectivity index is 1.43. The van der Waals surface area contributed by atoms with Crippen molar-refractivity contribution in [2.45, 2.75) is 19.3 Å². The molecule has 0 aromatic carbocycles. The number of rotatable bonds is 6. The van der Waals surface area contributed by atoms with Crippen molar-refractivity contribution in [3.63, 3.8) is 0 Å². The van der Waals surface area contributed by atoms with Crippen molar-refractivity contribution < 1.29 is 9.32 Å². The minimum Gasteiger partial charge on any atom is -0.384 e. The number of hydrogen-bond donors (Lipinski definition) is 2. The van der Waals surface area contributed by atoms with E-state index in [0.29, 0.717) is 24.6 Å². The van der Waals surface area contributed by atoms with E-state index in [2.05, 4.69) is 20.5 Å². The number of nitrogens with zero attached hydrogens (tertiary/aromatic N) is 3. The maximum Gasteiger partial charge on any atom is 0.280 e. The summed E-state index contributed by atoms with van der Waals surface area (Å²) in [6, 6.07) is 2.93. The van der Waals surface area contributed by atoms with Gasteiger partial charge in [-0.15, -0.1) is 0 Å². The zero-order valence-electron chi connectivity index (χ0n) is 14.0. The average Bonchev–Trinajstić information content (AvgIpc) is 3.22. The first-order chi connectivity index (χ1) is 12.0. The van der Waals surface area contributed by atoms with Crippen molar-refractivity contribution in [2.24, 2.45) is 13.0 Å². The molecule has 0 bridgehead atoms. The number of carbonyl (C=O) groups is 1. The quantitative estimate of drug-likeness (QED) is 0.738. The first-order valence-corrected chi connectivity index (χ1v) is 8.23. The van der Waals surface area contributed by atoms with Crippen LogP contribution in [-0.2, 0) is 18.3 Å². The van der Waals surface area contributed by atoms with E-state index < -0.39 is 0 Å². The molecule has 9 nitrogen and oxygen atoms in total. The molecule has 1 atom stereocenters. The highest BCUT2D eigenvalue weighted by Gasteiger charge is 2.23. The molecule has 1 saturated heterocycles. The molecule has 1 aliphatic rings. The van der Waals surface area contributed by atoms with Gasteiger partial charge in [0.15, 0.2) is 0 Å². The van der Waals surface area contributed by atoms with Gasteiger partial charge in [-0.2, -0.15) is 10.3 Å². The summed E-state index contributed by atoms with van der Waals surface area (Å²) in [6.07, 6.45) is 3.30. The second-order valence-electron chi connectivity index (χ2n) is 6.26. The van der Waals surface area contributed by atoms with Gasteiger partial charge >= 0.3 is 0 Å². The van der Waals surface area contributed by atoms with E-state index in [1.807, 2.05) is 0 Å². The fraction of sp³-hybridized carbons (Fsp3) is 0.500. The Morgan fingerprint density at radius 2 is 2.28 bits per heavy atom. The van der Waals surface area contributed by atoms with Crippen LogP contribution in [0.2, 0.25) is 0 Å². The maximum absolute atomic E-state index is 11.9. The molecule has 2 aromatic rings. The molecule has 0 aliphatic carbocycles. The highest BCUT2D eigenvalue weighted by Crippen LogP contribution is 2.21. The third-order valence-electron chi connectivity index (χ3n) is 4.37. The van der Waals surface area contributed by atoms with E-state index in [1.165, 1.54) is 10.7 Å². The third-order valence-corrected chi connectivity index (χ3v) is 4.37. The van der Waals surface area contributed by atoms with E-state index in [1.54, 1.807) is 19.3 Å². The highest BCUT2D eigenvalue weighted by molar-refractivity contribution is 5.76. The summed E-state index contributed by atoms with van der Waals surface area (Å²) in [5.74, 6) is 0.737. The summed E-state index contributed by atoms with van der Waals surface area (Å²) in [5.41, 5.74) is 0.386. The topological polar surface area (TPSA) is 113 Å². The van der Waals surface area contributed by atoms with Gasteiger partial charge < -0.3 is 14.7 Å². The van der Waals surface area contributed by atoms with E-state index in [0.717, 1.165) is 25.2 Å². The van der Waals surface area contributed by atoms with Crippen LogP contribution in [-0.4, -0.2) is 40.5 Å². The lowest BCUT2D eigenvalue weighted by molar-refractivity contribution is -0.121. The van der Waals surface area contributed by atoms with Crippen LogP contribution in [0.4, 0.5) is 5.69 Å². The van der Waals surface area contributed by atoms with Crippen molar-refractivity contribution in [1.29, 1.82) is 0 Å². The molecule has 1 unspecified atom stereocenters. The normalized spacial score (nSPS) is 17.0. The highest BCUT2D eigenvalue weighted by atomic mass is 16.5. The summed E-state index contributed by atoms with van der Waals surface area (Å²) < 4.78 is 6.21. The predicted molar refractivity (Wildman–Crippen MR) is 90.5 cm³/mol. The molecule has 1 amide bonds. The number of carbonyl (C=O) groups excluding carboxylic acids is 1. The smallest absolute Gasteiger partial charge is 0.280 e. The lowest BCUT2D eigenvalue weighted by atomic mass is 10.1. The molecular weight excluding hydrogens is 326 g/mol. The number of amides is 1. The Kier molecular flexibility index (Phi) is 5.01. The minimum absolute atomic E-state index is 0.0717. The van der Waals surface area contributed by atoms with Gasteiger partial charge in [-0.1, -0.05) is 0 Å². The van der Waals surface area contributed by atoms with Crippen molar-refractivity contribution in [3.05, 3.63) is 44.8 Å². The molecule has 0 saturated carbocycles. The Hall–Kier alpha value is -2.84. The number of aromatic amines is 1. The molecular formula is C16H21N5O4. The van der Waals surface area contributed by atoms with E-state index in [-0.39, 0.29) is 23.4 Å². The van der Waals surface area contributed by atoms with Crippen LogP contribution >= 0.6 is 0 Å². The van der Waals surface area contributed by atoms with Gasteiger partial charge in [0, 0.05) is 51.7 Å². The predicted octanol–water partition coefficient (Wildman–Crippen LogP) is -0.363. The maximum atomic E-state index is 11.9. The summed E-state index contributed by atoms with van der Waals surface area (Å²) in [5, 5.41) is 9.15. The minimum atomic E-state index is -0.299. The van der Waals surface area contributed by atoms with Crippen LogP contribution < -0.4 is 21.3 Å². The number of hydrogen-bond acceptors (Lipinski definition) is 6.